The molecule has 0 unspecified atom stereocenters. The van der Waals surface area contributed by atoms with E-state index < -0.39 is 11.9 Å². The van der Waals surface area contributed by atoms with Crippen LogP contribution in [0, 0.1) is 0 Å². The molecule has 29 heavy (non-hydrogen) atoms. The van der Waals surface area contributed by atoms with Crippen molar-refractivity contribution in [1.82, 2.24) is 0 Å². The molecule has 2 aromatic rings. The third-order valence-corrected chi connectivity index (χ3v) is 4.43. The van der Waals surface area contributed by atoms with Gasteiger partial charge in [-0.3, -0.25) is 0 Å². The number of hydrogen-bond donors (Lipinski definition) is 0. The second-order valence-corrected chi connectivity index (χ2v) is 6.07. The van der Waals surface area contributed by atoms with Gasteiger partial charge in [0.15, 0.2) is 0 Å². The lowest BCUT2D eigenvalue weighted by atomic mass is 10.0. The van der Waals surface area contributed by atoms with E-state index in [0.717, 1.165) is 11.1 Å². The van der Waals surface area contributed by atoms with Crippen LogP contribution in [-0.2, 0) is 19.1 Å². The van der Waals surface area contributed by atoms with Gasteiger partial charge in [-0.05, 0) is 35.4 Å². The molecule has 1 heterocycles. The third kappa shape index (κ3) is 4.06. The number of allylic oxidation sites excluding steroid dienone is 2. The molecule has 0 saturated heterocycles. The molecule has 1 aliphatic heterocycles. The largest absolute Gasteiger partial charge is 0.495 e. The zero-order valence-corrected chi connectivity index (χ0v) is 16.4. The van der Waals surface area contributed by atoms with Gasteiger partial charge in [0, 0.05) is 6.20 Å². The Bertz CT molecular complexity index is 1010. The van der Waals surface area contributed by atoms with Crippen molar-refractivity contribution in [3.05, 3.63) is 84.2 Å². The summed E-state index contributed by atoms with van der Waals surface area (Å²) in [4.78, 5) is 26.6. The quantitative estimate of drug-likeness (QED) is 0.722. The average molecular weight is 391 g/mol. The summed E-state index contributed by atoms with van der Waals surface area (Å²) in [5.41, 5.74) is 2.63. The lowest BCUT2D eigenvalue weighted by Crippen LogP contribution is -2.27. The summed E-state index contributed by atoms with van der Waals surface area (Å²) in [5.74, 6) is -0.788. The summed E-state index contributed by atoms with van der Waals surface area (Å²) in [6.07, 6.45) is 6.56. The molecule has 0 amide bonds. The average Bonchev–Trinajstić information content (AvgIpc) is 3.01. The summed E-state index contributed by atoms with van der Waals surface area (Å²) in [6, 6.07) is 15.5. The first kappa shape index (κ1) is 19.9. The number of esters is 2. The zero-order chi connectivity index (χ0) is 20.8. The molecular formula is C23H21NO5. The Morgan fingerprint density at radius 3 is 2.21 bits per heavy atom. The number of hydrogen-bond acceptors (Lipinski definition) is 6. The van der Waals surface area contributed by atoms with Crippen molar-refractivity contribution in [3.8, 4) is 16.9 Å². The molecule has 148 valence electrons. The van der Waals surface area contributed by atoms with Crippen LogP contribution in [-0.4, -0.2) is 33.3 Å². The number of carbonyl (C=O) groups is 2. The number of benzene rings is 2. The Balaban J connectivity index is 2.23. The molecule has 0 aliphatic carbocycles. The van der Waals surface area contributed by atoms with Crippen LogP contribution in [0.1, 0.15) is 0 Å². The fourth-order valence-corrected chi connectivity index (χ4v) is 3.04. The Morgan fingerprint density at radius 1 is 0.828 bits per heavy atom. The van der Waals surface area contributed by atoms with Gasteiger partial charge in [-0.25, -0.2) is 9.59 Å². The molecule has 0 fully saturated rings. The van der Waals surface area contributed by atoms with Crippen molar-refractivity contribution in [2.45, 2.75) is 0 Å². The minimum Gasteiger partial charge on any atom is -0.495 e. The maximum atomic E-state index is 12.7. The maximum Gasteiger partial charge on any atom is 0.355 e. The molecule has 6 nitrogen and oxygen atoms in total. The minimum atomic E-state index is -0.672. The van der Waals surface area contributed by atoms with E-state index in [1.165, 1.54) is 20.3 Å². The van der Waals surface area contributed by atoms with Gasteiger partial charge in [-0.15, -0.1) is 0 Å². The first-order valence-electron chi connectivity index (χ1n) is 8.89. The smallest absolute Gasteiger partial charge is 0.355 e. The Morgan fingerprint density at radius 2 is 1.55 bits per heavy atom. The fourth-order valence-electron chi connectivity index (χ4n) is 3.04. The minimum absolute atomic E-state index is 0.0351. The molecule has 3 rings (SSSR count). The van der Waals surface area contributed by atoms with Crippen LogP contribution < -0.4 is 9.64 Å². The van der Waals surface area contributed by atoms with Gasteiger partial charge < -0.3 is 19.1 Å². The van der Waals surface area contributed by atoms with Gasteiger partial charge in [0.05, 0.1) is 32.6 Å². The highest BCUT2D eigenvalue weighted by Crippen LogP contribution is 2.37. The van der Waals surface area contributed by atoms with Crippen molar-refractivity contribution >= 4 is 17.6 Å². The highest BCUT2D eigenvalue weighted by Gasteiger charge is 2.29. The summed E-state index contributed by atoms with van der Waals surface area (Å²) in [7, 11) is 4.07. The summed E-state index contributed by atoms with van der Waals surface area (Å²) < 4.78 is 15.3. The molecule has 1 aliphatic rings. The predicted molar refractivity (Wildman–Crippen MR) is 110 cm³/mol. The molecule has 0 radical (unpaired) electrons. The molecule has 0 atom stereocenters. The van der Waals surface area contributed by atoms with Crippen molar-refractivity contribution in [3.63, 3.8) is 0 Å². The third-order valence-electron chi connectivity index (χ3n) is 4.43. The van der Waals surface area contributed by atoms with Crippen LogP contribution in [0.25, 0.3) is 11.1 Å². The van der Waals surface area contributed by atoms with Gasteiger partial charge >= 0.3 is 11.9 Å². The fraction of sp³-hybridized carbons (Fsp3) is 0.130. The monoisotopic (exact) mass is 391 g/mol. The van der Waals surface area contributed by atoms with E-state index in [9.17, 15) is 9.59 Å². The Hall–Kier alpha value is -3.80. The van der Waals surface area contributed by atoms with Crippen molar-refractivity contribution in [2.75, 3.05) is 26.2 Å². The Kier molecular flexibility index (Phi) is 6.14. The second kappa shape index (κ2) is 8.93. The number of nitrogens with zero attached hydrogens (tertiary/aromatic N) is 1. The van der Waals surface area contributed by atoms with Gasteiger partial charge in [-0.2, -0.15) is 0 Å². The molecule has 6 heteroatoms. The van der Waals surface area contributed by atoms with Gasteiger partial charge in [0.25, 0.3) is 0 Å². The normalized spacial score (nSPS) is 13.1. The van der Waals surface area contributed by atoms with Crippen LogP contribution in [0.4, 0.5) is 5.69 Å². The van der Waals surface area contributed by atoms with Crippen LogP contribution in [0.15, 0.2) is 84.2 Å². The molecule has 0 bridgehead atoms. The molecule has 0 N–H and O–H groups in total. The number of carbonyl (C=O) groups excluding carboxylic acids is 2. The standard InChI is InChI=1S/C23H21NO5/c1-27-20-13-12-17(16-9-5-4-6-10-16)15-19(20)24-14-8-7-11-18(22(25)28-2)21(24)23(26)29-3/h4-15H,1-3H3. The molecular weight excluding hydrogens is 370 g/mol. The van der Waals surface area contributed by atoms with Crippen LogP contribution >= 0.6 is 0 Å². The van der Waals surface area contributed by atoms with Crippen molar-refractivity contribution in [1.29, 1.82) is 0 Å². The lowest BCUT2D eigenvalue weighted by Gasteiger charge is -2.25. The van der Waals surface area contributed by atoms with Crippen LogP contribution in [0.3, 0.4) is 0 Å². The number of rotatable bonds is 5. The predicted octanol–water partition coefficient (Wildman–Crippen LogP) is 3.85. The topological polar surface area (TPSA) is 65.1 Å². The van der Waals surface area contributed by atoms with Crippen molar-refractivity contribution < 1.29 is 23.8 Å². The molecule has 0 spiro atoms. The number of anilines is 1. The summed E-state index contributed by atoms with van der Waals surface area (Å²) in [5, 5.41) is 0. The van der Waals surface area contributed by atoms with Gasteiger partial charge in [0.1, 0.15) is 11.4 Å². The van der Waals surface area contributed by atoms with E-state index in [0.29, 0.717) is 11.4 Å². The van der Waals surface area contributed by atoms with E-state index >= 15 is 0 Å². The van der Waals surface area contributed by atoms with Crippen LogP contribution in [0.2, 0.25) is 0 Å². The van der Waals surface area contributed by atoms with Gasteiger partial charge in [-0.1, -0.05) is 42.5 Å². The lowest BCUT2D eigenvalue weighted by molar-refractivity contribution is -0.139. The number of methoxy groups -OCH3 is 3. The van der Waals surface area contributed by atoms with E-state index in [2.05, 4.69) is 0 Å². The summed E-state index contributed by atoms with van der Waals surface area (Å²) in [6.45, 7) is 0. The number of ether oxygens (including phenoxy) is 3. The highest BCUT2D eigenvalue weighted by molar-refractivity contribution is 6.05. The summed E-state index contributed by atoms with van der Waals surface area (Å²) >= 11 is 0. The Labute approximate surface area is 169 Å². The van der Waals surface area contributed by atoms with E-state index in [-0.39, 0.29) is 11.3 Å². The second-order valence-electron chi connectivity index (χ2n) is 6.07. The van der Waals surface area contributed by atoms with E-state index in [1.54, 1.807) is 30.4 Å². The maximum absolute atomic E-state index is 12.7. The van der Waals surface area contributed by atoms with E-state index in [4.69, 9.17) is 14.2 Å². The van der Waals surface area contributed by atoms with E-state index in [1.807, 2.05) is 48.5 Å². The zero-order valence-electron chi connectivity index (χ0n) is 16.4. The first-order valence-corrected chi connectivity index (χ1v) is 8.89. The first-order chi connectivity index (χ1) is 14.1. The SMILES string of the molecule is COC(=O)C1=C(C(=O)OC)N(c2cc(-c3ccccc3)ccc2OC)C=CC=C1. The highest BCUT2D eigenvalue weighted by atomic mass is 16.5. The van der Waals surface area contributed by atoms with Crippen molar-refractivity contribution in [2.24, 2.45) is 0 Å². The molecule has 0 saturated carbocycles. The van der Waals surface area contributed by atoms with Gasteiger partial charge in [0.2, 0.25) is 0 Å². The molecule has 2 aromatic carbocycles. The molecule has 0 aromatic heterocycles. The van der Waals surface area contributed by atoms with Crippen LogP contribution in [0.5, 0.6) is 5.75 Å².